The zero-order valence-electron chi connectivity index (χ0n) is 13.3. The van der Waals surface area contributed by atoms with Crippen molar-refractivity contribution in [3.8, 4) is 5.75 Å². The highest BCUT2D eigenvalue weighted by Crippen LogP contribution is 2.37. The molecule has 0 fully saturated rings. The summed E-state index contributed by atoms with van der Waals surface area (Å²) in [5.41, 5.74) is 4.88. The summed E-state index contributed by atoms with van der Waals surface area (Å²) in [6.07, 6.45) is 3.46. The molecular weight excluding hydrogens is 272 g/mol. The van der Waals surface area contributed by atoms with E-state index in [1.807, 2.05) is 12.1 Å². The molecule has 2 aromatic rings. The van der Waals surface area contributed by atoms with Crippen molar-refractivity contribution in [2.45, 2.75) is 38.5 Å². The Balaban J connectivity index is 2.15. The van der Waals surface area contributed by atoms with Crippen LogP contribution >= 0.6 is 0 Å². The predicted octanol–water partition coefficient (Wildman–Crippen LogP) is 4.29. The Kier molecular flexibility index (Phi) is 4.28. The molecule has 3 rings (SSSR count). The summed E-state index contributed by atoms with van der Waals surface area (Å²) < 4.78 is 5.36. The van der Waals surface area contributed by atoms with Crippen LogP contribution in [-0.2, 0) is 17.6 Å². The van der Waals surface area contributed by atoms with Gasteiger partial charge >= 0.3 is 0 Å². The minimum Gasteiger partial charge on any atom is -0.497 e. The monoisotopic (exact) mass is 294 g/mol. The van der Waals surface area contributed by atoms with Gasteiger partial charge < -0.3 is 4.74 Å². The van der Waals surface area contributed by atoms with Gasteiger partial charge in [-0.15, -0.1) is 0 Å². The Labute approximate surface area is 132 Å². The van der Waals surface area contributed by atoms with Gasteiger partial charge in [0.1, 0.15) is 11.5 Å². The van der Waals surface area contributed by atoms with Crippen molar-refractivity contribution in [2.24, 2.45) is 0 Å². The average Bonchev–Trinajstić information content (AvgIpc) is 2.71. The van der Waals surface area contributed by atoms with Crippen molar-refractivity contribution in [3.05, 3.63) is 64.7 Å². The van der Waals surface area contributed by atoms with Gasteiger partial charge in [0, 0.05) is 6.42 Å². The Hall–Kier alpha value is -2.09. The van der Waals surface area contributed by atoms with Crippen LogP contribution in [0.4, 0.5) is 0 Å². The number of carbonyl (C=O) groups is 1. The summed E-state index contributed by atoms with van der Waals surface area (Å²) >= 11 is 0. The topological polar surface area (TPSA) is 26.3 Å². The molecule has 1 atom stereocenters. The Morgan fingerprint density at radius 2 is 1.82 bits per heavy atom. The maximum atomic E-state index is 12.8. The fourth-order valence-electron chi connectivity index (χ4n) is 3.43. The third-order valence-corrected chi connectivity index (χ3v) is 4.51. The quantitative estimate of drug-likeness (QED) is 0.840. The molecule has 0 heterocycles. The van der Waals surface area contributed by atoms with E-state index in [9.17, 15) is 4.79 Å². The van der Waals surface area contributed by atoms with Crippen molar-refractivity contribution in [1.82, 2.24) is 0 Å². The third kappa shape index (κ3) is 2.66. The Morgan fingerprint density at radius 1 is 1.09 bits per heavy atom. The molecule has 0 amide bonds. The van der Waals surface area contributed by atoms with Crippen LogP contribution in [0.3, 0.4) is 0 Å². The number of Topliss-reactive ketones (excluding diaryl/α,β-unsaturated/α-hetero) is 1. The number of ether oxygens (including phenoxy) is 1. The number of aryl methyl sites for hydroxylation is 2. The first-order valence-electron chi connectivity index (χ1n) is 8.02. The molecule has 0 aromatic heterocycles. The van der Waals surface area contributed by atoms with Crippen molar-refractivity contribution < 1.29 is 9.53 Å². The summed E-state index contributed by atoms with van der Waals surface area (Å²) in [6.45, 7) is 2.06. The Bertz CT molecular complexity index is 688. The number of benzene rings is 2. The van der Waals surface area contributed by atoms with E-state index in [4.69, 9.17) is 4.74 Å². The predicted molar refractivity (Wildman–Crippen MR) is 88.6 cm³/mol. The van der Waals surface area contributed by atoms with E-state index in [1.165, 1.54) is 16.7 Å². The van der Waals surface area contributed by atoms with Gasteiger partial charge in [0.2, 0.25) is 0 Å². The zero-order valence-corrected chi connectivity index (χ0v) is 13.3. The molecule has 0 radical (unpaired) electrons. The third-order valence-electron chi connectivity index (χ3n) is 4.51. The van der Waals surface area contributed by atoms with Gasteiger partial charge in [-0.05, 0) is 53.6 Å². The molecular formula is C20H22O2. The maximum absolute atomic E-state index is 12.8. The molecule has 0 N–H and O–H groups in total. The van der Waals surface area contributed by atoms with E-state index < -0.39 is 0 Å². The minimum absolute atomic E-state index is 0.125. The normalized spacial score (nSPS) is 16.4. The van der Waals surface area contributed by atoms with Crippen LogP contribution in [0.5, 0.6) is 5.75 Å². The minimum atomic E-state index is -0.125. The van der Waals surface area contributed by atoms with Gasteiger partial charge in [0.15, 0.2) is 0 Å². The van der Waals surface area contributed by atoms with Crippen LogP contribution in [0, 0.1) is 0 Å². The van der Waals surface area contributed by atoms with Gasteiger partial charge in [0.05, 0.1) is 13.0 Å². The summed E-state index contributed by atoms with van der Waals surface area (Å²) in [5, 5.41) is 0. The fraction of sp³-hybridized carbons (Fsp3) is 0.350. The van der Waals surface area contributed by atoms with Crippen molar-refractivity contribution in [2.75, 3.05) is 7.11 Å². The second kappa shape index (κ2) is 6.35. The smallest absolute Gasteiger partial charge is 0.144 e. The molecule has 1 aliphatic carbocycles. The van der Waals surface area contributed by atoms with Crippen LogP contribution < -0.4 is 4.74 Å². The lowest BCUT2D eigenvalue weighted by Gasteiger charge is -2.19. The summed E-state index contributed by atoms with van der Waals surface area (Å²) in [6, 6.07) is 14.5. The number of hydrogen-bond donors (Lipinski definition) is 0. The van der Waals surface area contributed by atoms with Gasteiger partial charge in [-0.3, -0.25) is 4.79 Å². The summed E-state index contributed by atoms with van der Waals surface area (Å²) in [4.78, 5) is 12.8. The van der Waals surface area contributed by atoms with E-state index in [0.29, 0.717) is 12.2 Å². The SMILES string of the molecule is CCCC(=O)C1c2ccccc2CCc2cc(OC)ccc21. The molecule has 1 unspecified atom stereocenters. The Morgan fingerprint density at radius 3 is 2.59 bits per heavy atom. The molecule has 0 saturated carbocycles. The molecule has 114 valence electrons. The van der Waals surface area contributed by atoms with E-state index in [-0.39, 0.29) is 5.92 Å². The molecule has 0 spiro atoms. The summed E-state index contributed by atoms with van der Waals surface area (Å²) in [7, 11) is 1.69. The zero-order chi connectivity index (χ0) is 15.5. The molecule has 0 saturated heterocycles. The number of fused-ring (bicyclic) bond motifs is 2. The number of carbonyl (C=O) groups excluding carboxylic acids is 1. The molecule has 2 heteroatoms. The highest BCUT2D eigenvalue weighted by molar-refractivity contribution is 5.90. The van der Waals surface area contributed by atoms with Crippen molar-refractivity contribution in [3.63, 3.8) is 0 Å². The first-order chi connectivity index (χ1) is 10.7. The highest BCUT2D eigenvalue weighted by atomic mass is 16.5. The van der Waals surface area contributed by atoms with Crippen molar-refractivity contribution in [1.29, 1.82) is 0 Å². The number of rotatable bonds is 4. The van der Waals surface area contributed by atoms with Gasteiger partial charge in [0.25, 0.3) is 0 Å². The fourth-order valence-corrected chi connectivity index (χ4v) is 3.43. The van der Waals surface area contributed by atoms with E-state index in [1.54, 1.807) is 7.11 Å². The van der Waals surface area contributed by atoms with Crippen LogP contribution in [0.15, 0.2) is 42.5 Å². The molecule has 2 aromatic carbocycles. The molecule has 1 aliphatic rings. The van der Waals surface area contributed by atoms with Crippen LogP contribution in [0.25, 0.3) is 0 Å². The van der Waals surface area contributed by atoms with Crippen molar-refractivity contribution >= 4 is 5.78 Å². The molecule has 2 nitrogen and oxygen atoms in total. The van der Waals surface area contributed by atoms with Gasteiger partial charge in [-0.1, -0.05) is 37.3 Å². The first-order valence-corrected chi connectivity index (χ1v) is 8.02. The largest absolute Gasteiger partial charge is 0.497 e. The lowest BCUT2D eigenvalue weighted by atomic mass is 9.83. The highest BCUT2D eigenvalue weighted by Gasteiger charge is 2.28. The van der Waals surface area contributed by atoms with E-state index in [0.717, 1.165) is 30.6 Å². The molecule has 22 heavy (non-hydrogen) atoms. The molecule has 0 aliphatic heterocycles. The second-order valence-electron chi connectivity index (χ2n) is 5.91. The lowest BCUT2D eigenvalue weighted by Crippen LogP contribution is -2.15. The summed E-state index contributed by atoms with van der Waals surface area (Å²) in [5.74, 6) is 1.06. The number of ketones is 1. The average molecular weight is 294 g/mol. The van der Waals surface area contributed by atoms with Gasteiger partial charge in [-0.2, -0.15) is 0 Å². The van der Waals surface area contributed by atoms with E-state index in [2.05, 4.69) is 37.3 Å². The lowest BCUT2D eigenvalue weighted by molar-refractivity contribution is -0.119. The maximum Gasteiger partial charge on any atom is 0.144 e. The van der Waals surface area contributed by atoms with Gasteiger partial charge in [-0.25, -0.2) is 0 Å². The first kappa shape index (κ1) is 14.8. The van der Waals surface area contributed by atoms with Crippen LogP contribution in [-0.4, -0.2) is 12.9 Å². The number of methoxy groups -OCH3 is 1. The second-order valence-corrected chi connectivity index (χ2v) is 5.91. The van der Waals surface area contributed by atoms with E-state index >= 15 is 0 Å². The standard InChI is InChI=1S/C20H22O2/c1-3-6-19(21)20-17-8-5-4-7-14(17)9-10-15-13-16(22-2)11-12-18(15)20/h4-5,7-8,11-13,20H,3,6,9-10H2,1-2H3. The van der Waals surface area contributed by atoms with Crippen LogP contribution in [0.2, 0.25) is 0 Å². The number of hydrogen-bond acceptors (Lipinski definition) is 2. The molecule has 0 bridgehead atoms. The van der Waals surface area contributed by atoms with Crippen LogP contribution in [0.1, 0.15) is 47.9 Å².